The summed E-state index contributed by atoms with van der Waals surface area (Å²) in [5, 5.41) is 10.2. The molecule has 54 valence electrons. The highest BCUT2D eigenvalue weighted by molar-refractivity contribution is 5.88. The summed E-state index contributed by atoms with van der Waals surface area (Å²) in [5.74, 6) is -1.11. The Morgan fingerprint density at radius 3 is 2.90 bits per heavy atom. The molecule has 3 heteroatoms. The van der Waals surface area contributed by atoms with Gasteiger partial charge in [-0.1, -0.05) is 6.08 Å². The highest BCUT2D eigenvalue weighted by Gasteiger charge is 1.99. The van der Waals surface area contributed by atoms with E-state index in [2.05, 4.69) is 0 Å². The fraction of sp³-hybridized carbons (Fsp3) is 0.286. The van der Waals surface area contributed by atoms with Gasteiger partial charge in [-0.2, -0.15) is 0 Å². The van der Waals surface area contributed by atoms with Gasteiger partial charge in [0, 0.05) is 13.6 Å². The van der Waals surface area contributed by atoms with Crippen LogP contribution in [0.25, 0.3) is 0 Å². The average molecular weight is 138 g/mol. The van der Waals surface area contributed by atoms with Gasteiger partial charge in [0.15, 0.2) is 0 Å². The van der Waals surface area contributed by atoms with Crippen LogP contribution >= 0.6 is 0 Å². The fourth-order valence-corrected chi connectivity index (χ4v) is 0.730. The molecule has 0 fully saturated rings. The largest absolute Gasteiger partial charge is 0.545 e. The number of hydrogen-bond donors (Lipinski definition) is 0. The Kier molecular flexibility index (Phi) is 1.76. The molecule has 10 heavy (non-hydrogen) atoms. The summed E-state index contributed by atoms with van der Waals surface area (Å²) in [6, 6.07) is 0. The second-order valence-electron chi connectivity index (χ2n) is 2.20. The van der Waals surface area contributed by atoms with Crippen LogP contribution in [0.2, 0.25) is 0 Å². The van der Waals surface area contributed by atoms with Crippen LogP contribution in [0.4, 0.5) is 0 Å². The van der Waals surface area contributed by atoms with Crippen molar-refractivity contribution in [2.24, 2.45) is 0 Å². The van der Waals surface area contributed by atoms with Gasteiger partial charge in [-0.05, 0) is 17.8 Å². The van der Waals surface area contributed by atoms with E-state index in [0.717, 1.165) is 0 Å². The molecule has 0 aromatic carbocycles. The van der Waals surface area contributed by atoms with Gasteiger partial charge in [0.25, 0.3) is 0 Å². The van der Waals surface area contributed by atoms with E-state index in [0.29, 0.717) is 6.54 Å². The van der Waals surface area contributed by atoms with Crippen LogP contribution in [0, 0.1) is 0 Å². The number of carbonyl (C=O) groups excluding carboxylic acids is 1. The molecule has 0 bridgehead atoms. The van der Waals surface area contributed by atoms with Crippen LogP contribution in [0.1, 0.15) is 0 Å². The van der Waals surface area contributed by atoms with E-state index in [1.165, 1.54) is 6.08 Å². The Morgan fingerprint density at radius 1 is 1.80 bits per heavy atom. The Bertz CT molecular complexity index is 206. The van der Waals surface area contributed by atoms with Crippen molar-refractivity contribution in [2.75, 3.05) is 13.6 Å². The fourth-order valence-electron chi connectivity index (χ4n) is 0.730. The lowest BCUT2D eigenvalue weighted by Crippen LogP contribution is -2.26. The zero-order chi connectivity index (χ0) is 7.56. The molecule has 0 saturated carbocycles. The SMILES string of the molecule is CN1C=CC(C(=O)[O-])=CC1. The quantitative estimate of drug-likeness (QED) is 0.472. The van der Waals surface area contributed by atoms with Crippen LogP contribution in [0.3, 0.4) is 0 Å². The molecule has 0 aromatic heterocycles. The molecule has 0 saturated heterocycles. The molecule has 0 unspecified atom stereocenters. The van der Waals surface area contributed by atoms with Gasteiger partial charge in [-0.25, -0.2) is 0 Å². The lowest BCUT2D eigenvalue weighted by Gasteiger charge is -2.17. The van der Waals surface area contributed by atoms with Gasteiger partial charge in [0.1, 0.15) is 0 Å². The van der Waals surface area contributed by atoms with Crippen molar-refractivity contribution >= 4 is 5.97 Å². The van der Waals surface area contributed by atoms with E-state index >= 15 is 0 Å². The van der Waals surface area contributed by atoms with Gasteiger partial charge in [0.2, 0.25) is 0 Å². The molecule has 0 N–H and O–H groups in total. The summed E-state index contributed by atoms with van der Waals surface area (Å²) in [4.78, 5) is 12.1. The first-order chi connectivity index (χ1) is 4.70. The standard InChI is InChI=1S/C7H9NO2/c1-8-4-2-6(3-5-8)7(9)10/h2-4H,5H2,1H3,(H,9,10)/p-1. The van der Waals surface area contributed by atoms with E-state index in [1.807, 2.05) is 11.9 Å². The third kappa shape index (κ3) is 1.37. The van der Waals surface area contributed by atoms with Crippen LogP contribution in [-0.2, 0) is 4.79 Å². The highest BCUT2D eigenvalue weighted by Crippen LogP contribution is 2.02. The minimum absolute atomic E-state index is 0.262. The minimum Gasteiger partial charge on any atom is -0.545 e. The minimum atomic E-state index is -1.11. The maximum absolute atomic E-state index is 10.2. The van der Waals surface area contributed by atoms with Crippen molar-refractivity contribution in [1.82, 2.24) is 4.90 Å². The van der Waals surface area contributed by atoms with Crippen molar-refractivity contribution in [3.63, 3.8) is 0 Å². The summed E-state index contributed by atoms with van der Waals surface area (Å²) < 4.78 is 0. The van der Waals surface area contributed by atoms with Gasteiger partial charge >= 0.3 is 0 Å². The number of aliphatic carboxylic acids is 1. The normalized spacial score (nSPS) is 16.9. The lowest BCUT2D eigenvalue weighted by molar-refractivity contribution is -0.298. The Balaban J connectivity index is 2.67. The van der Waals surface area contributed by atoms with Crippen LogP contribution < -0.4 is 5.11 Å². The van der Waals surface area contributed by atoms with E-state index in [4.69, 9.17) is 0 Å². The number of carboxylic acid groups (broad SMARTS) is 1. The zero-order valence-electron chi connectivity index (χ0n) is 5.70. The number of carboxylic acids is 1. The molecule has 0 aromatic rings. The first kappa shape index (κ1) is 6.86. The average Bonchev–Trinajstić information content (AvgIpc) is 1.88. The summed E-state index contributed by atoms with van der Waals surface area (Å²) in [7, 11) is 1.87. The molecular formula is C7H8NO2-. The van der Waals surface area contributed by atoms with Crippen molar-refractivity contribution < 1.29 is 9.90 Å². The molecule has 1 heterocycles. The first-order valence-electron chi connectivity index (χ1n) is 3.00. The highest BCUT2D eigenvalue weighted by atomic mass is 16.4. The number of nitrogens with zero attached hydrogens (tertiary/aromatic N) is 1. The van der Waals surface area contributed by atoms with Crippen molar-refractivity contribution in [2.45, 2.75) is 0 Å². The van der Waals surface area contributed by atoms with E-state index in [-0.39, 0.29) is 5.57 Å². The first-order valence-corrected chi connectivity index (χ1v) is 3.00. The topological polar surface area (TPSA) is 43.4 Å². The molecule has 1 rings (SSSR count). The van der Waals surface area contributed by atoms with Gasteiger partial charge in [-0.15, -0.1) is 0 Å². The Labute approximate surface area is 59.3 Å². The maximum atomic E-state index is 10.2. The van der Waals surface area contributed by atoms with Crippen LogP contribution in [-0.4, -0.2) is 24.5 Å². The molecule has 0 atom stereocenters. The molecule has 0 radical (unpaired) electrons. The summed E-state index contributed by atoms with van der Waals surface area (Å²) in [5.41, 5.74) is 0.262. The molecule has 0 spiro atoms. The number of rotatable bonds is 1. The van der Waals surface area contributed by atoms with Crippen molar-refractivity contribution in [3.8, 4) is 0 Å². The molecule has 0 amide bonds. The second-order valence-corrected chi connectivity index (χ2v) is 2.20. The summed E-state index contributed by atoms with van der Waals surface area (Å²) >= 11 is 0. The maximum Gasteiger partial charge on any atom is 0.0713 e. The number of hydrogen-bond acceptors (Lipinski definition) is 3. The molecule has 1 aliphatic heterocycles. The van der Waals surface area contributed by atoms with Crippen LogP contribution in [0.5, 0.6) is 0 Å². The monoisotopic (exact) mass is 138 g/mol. The van der Waals surface area contributed by atoms with Gasteiger partial charge < -0.3 is 14.8 Å². The second kappa shape index (κ2) is 2.56. The van der Waals surface area contributed by atoms with Crippen molar-refractivity contribution in [3.05, 3.63) is 23.9 Å². The Hall–Kier alpha value is -1.25. The van der Waals surface area contributed by atoms with E-state index in [1.54, 1.807) is 12.3 Å². The number of likely N-dealkylation sites (N-methyl/N-ethyl adjacent to an activating group) is 1. The molecule has 3 nitrogen and oxygen atoms in total. The smallest absolute Gasteiger partial charge is 0.0713 e. The predicted octanol–water partition coefficient (Wildman–Crippen LogP) is -0.878. The number of carbonyl (C=O) groups is 1. The lowest BCUT2D eigenvalue weighted by atomic mass is 10.2. The van der Waals surface area contributed by atoms with Crippen LogP contribution in [0.15, 0.2) is 23.9 Å². The Morgan fingerprint density at radius 2 is 2.50 bits per heavy atom. The molecule has 0 aliphatic carbocycles. The van der Waals surface area contributed by atoms with E-state index < -0.39 is 5.97 Å². The third-order valence-electron chi connectivity index (χ3n) is 1.34. The van der Waals surface area contributed by atoms with Crippen molar-refractivity contribution in [1.29, 1.82) is 0 Å². The molecule has 1 aliphatic rings. The molecular weight excluding hydrogens is 130 g/mol. The zero-order valence-corrected chi connectivity index (χ0v) is 5.70. The summed E-state index contributed by atoms with van der Waals surface area (Å²) in [6.07, 6.45) is 4.86. The predicted molar refractivity (Wildman–Crippen MR) is 34.9 cm³/mol. The van der Waals surface area contributed by atoms with E-state index in [9.17, 15) is 9.90 Å². The van der Waals surface area contributed by atoms with Gasteiger partial charge in [-0.3, -0.25) is 0 Å². The summed E-state index contributed by atoms with van der Waals surface area (Å²) in [6.45, 7) is 0.639. The third-order valence-corrected chi connectivity index (χ3v) is 1.34. The van der Waals surface area contributed by atoms with Gasteiger partial charge in [0.05, 0.1) is 5.97 Å².